The van der Waals surface area contributed by atoms with Crippen molar-refractivity contribution >= 4 is 17.7 Å². The number of carboxylic acids is 1. The molecule has 1 amide bonds. The SMILES string of the molecule is O=C(CCC(=O)c1ccc2c(c1)CCNCC2)NC1CCCCC1.O=C(O)C(F)(F)F. The second kappa shape index (κ2) is 11.8. The van der Waals surface area contributed by atoms with E-state index in [2.05, 4.69) is 16.7 Å². The van der Waals surface area contributed by atoms with Crippen LogP contribution in [0.5, 0.6) is 0 Å². The lowest BCUT2D eigenvalue weighted by molar-refractivity contribution is -0.192. The third-order valence-electron chi connectivity index (χ3n) is 5.46. The van der Waals surface area contributed by atoms with Crippen LogP contribution in [-0.4, -0.2) is 48.1 Å². The lowest BCUT2D eigenvalue weighted by Gasteiger charge is -2.22. The summed E-state index contributed by atoms with van der Waals surface area (Å²) in [5.41, 5.74) is 3.37. The molecule has 1 aromatic rings. The van der Waals surface area contributed by atoms with E-state index in [9.17, 15) is 22.8 Å². The fourth-order valence-electron chi connectivity index (χ4n) is 3.77. The van der Waals surface area contributed by atoms with Crippen molar-refractivity contribution in [3.63, 3.8) is 0 Å². The van der Waals surface area contributed by atoms with Gasteiger partial charge in [-0.15, -0.1) is 0 Å². The minimum atomic E-state index is -5.08. The van der Waals surface area contributed by atoms with Crippen molar-refractivity contribution in [1.29, 1.82) is 0 Å². The first-order chi connectivity index (χ1) is 14.7. The summed E-state index contributed by atoms with van der Waals surface area (Å²) in [5.74, 6) is -2.66. The average Bonchev–Trinajstić information content (AvgIpc) is 2.97. The van der Waals surface area contributed by atoms with E-state index in [-0.39, 0.29) is 11.7 Å². The minimum Gasteiger partial charge on any atom is -0.475 e. The van der Waals surface area contributed by atoms with Gasteiger partial charge in [0.2, 0.25) is 5.91 Å². The molecule has 172 valence electrons. The molecule has 6 nitrogen and oxygen atoms in total. The van der Waals surface area contributed by atoms with E-state index in [1.165, 1.54) is 30.4 Å². The fraction of sp³-hybridized carbons (Fsp3) is 0.591. The monoisotopic (exact) mass is 442 g/mol. The van der Waals surface area contributed by atoms with Crippen molar-refractivity contribution in [2.45, 2.75) is 70.0 Å². The number of carbonyl (C=O) groups is 3. The van der Waals surface area contributed by atoms with Crippen LogP contribution in [0.3, 0.4) is 0 Å². The zero-order valence-corrected chi connectivity index (χ0v) is 17.4. The number of benzene rings is 1. The Morgan fingerprint density at radius 3 is 2.23 bits per heavy atom. The van der Waals surface area contributed by atoms with E-state index in [1.54, 1.807) is 0 Å². The van der Waals surface area contributed by atoms with Crippen molar-refractivity contribution in [3.8, 4) is 0 Å². The number of nitrogens with one attached hydrogen (secondary N) is 2. The summed E-state index contributed by atoms with van der Waals surface area (Å²) in [6.07, 6.45) is 3.35. The predicted octanol–water partition coefficient (Wildman–Crippen LogP) is 3.42. The molecule has 1 heterocycles. The summed E-state index contributed by atoms with van der Waals surface area (Å²) in [6.45, 7) is 1.97. The van der Waals surface area contributed by atoms with Gasteiger partial charge < -0.3 is 15.7 Å². The highest BCUT2D eigenvalue weighted by molar-refractivity contribution is 5.98. The number of carboxylic acid groups (broad SMARTS) is 1. The first kappa shape index (κ1) is 24.8. The van der Waals surface area contributed by atoms with Crippen LogP contribution in [-0.2, 0) is 22.4 Å². The molecule has 31 heavy (non-hydrogen) atoms. The third kappa shape index (κ3) is 8.69. The Morgan fingerprint density at radius 2 is 1.61 bits per heavy atom. The summed E-state index contributed by atoms with van der Waals surface area (Å²) in [7, 11) is 0. The highest BCUT2D eigenvalue weighted by atomic mass is 19.4. The molecule has 0 aromatic heterocycles. The van der Waals surface area contributed by atoms with Gasteiger partial charge >= 0.3 is 12.1 Å². The zero-order chi connectivity index (χ0) is 22.9. The van der Waals surface area contributed by atoms with Crippen LogP contribution in [0.1, 0.15) is 66.4 Å². The highest BCUT2D eigenvalue weighted by Crippen LogP contribution is 2.19. The van der Waals surface area contributed by atoms with Crippen molar-refractivity contribution in [1.82, 2.24) is 10.6 Å². The van der Waals surface area contributed by atoms with Gasteiger partial charge in [-0.2, -0.15) is 13.2 Å². The number of Topliss-reactive ketones (excluding diaryl/α,β-unsaturated/α-hetero) is 1. The number of alkyl halides is 3. The molecule has 0 radical (unpaired) electrons. The maximum Gasteiger partial charge on any atom is 0.490 e. The van der Waals surface area contributed by atoms with Crippen molar-refractivity contribution < 1.29 is 32.7 Å². The Hall–Kier alpha value is -2.42. The number of carbonyl (C=O) groups excluding carboxylic acids is 2. The van der Waals surface area contributed by atoms with Crippen LogP contribution in [0.25, 0.3) is 0 Å². The molecular formula is C22H29F3N2O4. The number of rotatable bonds is 5. The summed E-state index contributed by atoms with van der Waals surface area (Å²) >= 11 is 0. The van der Waals surface area contributed by atoms with Crippen LogP contribution in [0, 0.1) is 0 Å². The summed E-state index contributed by atoms with van der Waals surface area (Å²) in [6, 6.07) is 6.36. The molecule has 0 saturated heterocycles. The van der Waals surface area contributed by atoms with E-state index in [4.69, 9.17) is 9.90 Å². The average molecular weight is 442 g/mol. The Labute approximate surface area is 179 Å². The van der Waals surface area contributed by atoms with E-state index < -0.39 is 12.1 Å². The number of hydrogen-bond donors (Lipinski definition) is 3. The van der Waals surface area contributed by atoms with E-state index in [0.717, 1.165) is 44.3 Å². The molecule has 0 bridgehead atoms. The number of hydrogen-bond acceptors (Lipinski definition) is 4. The molecule has 0 atom stereocenters. The molecule has 1 aliphatic carbocycles. The predicted molar refractivity (Wildman–Crippen MR) is 109 cm³/mol. The van der Waals surface area contributed by atoms with Gasteiger partial charge in [0.1, 0.15) is 0 Å². The molecule has 9 heteroatoms. The van der Waals surface area contributed by atoms with E-state index >= 15 is 0 Å². The molecule has 1 saturated carbocycles. The van der Waals surface area contributed by atoms with Crippen molar-refractivity contribution in [2.75, 3.05) is 13.1 Å². The standard InChI is InChI=1S/C20H28N2O2.C2HF3O2/c23-19(8-9-20(24)22-18-4-2-1-3-5-18)17-7-6-15-10-12-21-13-11-16(15)14-17;3-2(4,5)1(6)7/h6-7,14,18,21H,1-5,8-13H2,(H,22,24);(H,6,7). The number of ketones is 1. The topological polar surface area (TPSA) is 95.5 Å². The maximum absolute atomic E-state index is 12.4. The quantitative estimate of drug-likeness (QED) is 0.608. The first-order valence-corrected chi connectivity index (χ1v) is 10.6. The molecule has 1 aromatic carbocycles. The second-order valence-electron chi connectivity index (χ2n) is 7.86. The Morgan fingerprint density at radius 1 is 1.00 bits per heavy atom. The van der Waals surface area contributed by atoms with Crippen LogP contribution >= 0.6 is 0 Å². The van der Waals surface area contributed by atoms with Gasteiger partial charge in [-0.05, 0) is 56.0 Å². The Kier molecular flexibility index (Phi) is 9.48. The largest absolute Gasteiger partial charge is 0.490 e. The van der Waals surface area contributed by atoms with E-state index in [1.807, 2.05) is 12.1 Å². The lowest BCUT2D eigenvalue weighted by atomic mass is 9.95. The maximum atomic E-state index is 12.4. The van der Waals surface area contributed by atoms with Gasteiger partial charge in [-0.1, -0.05) is 31.4 Å². The van der Waals surface area contributed by atoms with E-state index in [0.29, 0.717) is 18.9 Å². The number of fused-ring (bicyclic) bond motifs is 1. The molecule has 1 fully saturated rings. The zero-order valence-electron chi connectivity index (χ0n) is 17.4. The second-order valence-corrected chi connectivity index (χ2v) is 7.86. The van der Waals surface area contributed by atoms with Gasteiger partial charge in [0.05, 0.1) is 0 Å². The van der Waals surface area contributed by atoms with Gasteiger partial charge in [0.25, 0.3) is 0 Å². The van der Waals surface area contributed by atoms with Gasteiger partial charge in [0.15, 0.2) is 5.78 Å². The summed E-state index contributed by atoms with van der Waals surface area (Å²) in [5, 5.41) is 13.6. The van der Waals surface area contributed by atoms with Gasteiger partial charge in [-0.25, -0.2) is 4.79 Å². The minimum absolute atomic E-state index is 0.0224. The van der Waals surface area contributed by atoms with Crippen LogP contribution in [0.2, 0.25) is 0 Å². The molecule has 1 aliphatic heterocycles. The van der Waals surface area contributed by atoms with Crippen LogP contribution in [0.4, 0.5) is 13.2 Å². The smallest absolute Gasteiger partial charge is 0.475 e. The van der Waals surface area contributed by atoms with Crippen LogP contribution in [0.15, 0.2) is 18.2 Å². The number of aliphatic carboxylic acids is 1. The molecule has 2 aliphatic rings. The highest BCUT2D eigenvalue weighted by Gasteiger charge is 2.38. The van der Waals surface area contributed by atoms with Crippen molar-refractivity contribution in [2.24, 2.45) is 0 Å². The summed E-state index contributed by atoms with van der Waals surface area (Å²) < 4.78 is 31.7. The third-order valence-corrected chi connectivity index (χ3v) is 5.46. The molecule has 0 spiro atoms. The molecule has 3 rings (SSSR count). The first-order valence-electron chi connectivity index (χ1n) is 10.6. The Bertz CT molecular complexity index is 775. The van der Waals surface area contributed by atoms with Crippen molar-refractivity contribution in [3.05, 3.63) is 34.9 Å². The molecular weight excluding hydrogens is 413 g/mol. The number of halogens is 3. The fourth-order valence-corrected chi connectivity index (χ4v) is 3.77. The lowest BCUT2D eigenvalue weighted by Crippen LogP contribution is -2.36. The van der Waals surface area contributed by atoms with Gasteiger partial charge in [0, 0.05) is 24.4 Å². The number of amides is 1. The summed E-state index contributed by atoms with van der Waals surface area (Å²) in [4.78, 5) is 33.4. The normalized spacial score (nSPS) is 16.9. The van der Waals surface area contributed by atoms with Gasteiger partial charge in [-0.3, -0.25) is 9.59 Å². The Balaban J connectivity index is 0.000000423. The molecule has 3 N–H and O–H groups in total. The van der Waals surface area contributed by atoms with Crippen LogP contribution < -0.4 is 10.6 Å². The molecule has 0 unspecified atom stereocenters.